The third kappa shape index (κ3) is 1.90. The topological polar surface area (TPSA) is 51.8 Å². The molecule has 14 heavy (non-hydrogen) atoms. The highest BCUT2D eigenvalue weighted by Crippen LogP contribution is 2.13. The van der Waals surface area contributed by atoms with Crippen LogP contribution in [0.5, 0.6) is 0 Å². The second-order valence-corrected chi connectivity index (χ2v) is 3.07. The van der Waals surface area contributed by atoms with E-state index in [0.717, 1.165) is 5.56 Å². The molecule has 0 aliphatic carbocycles. The fourth-order valence-electron chi connectivity index (χ4n) is 1.05. The van der Waals surface area contributed by atoms with Crippen LogP contribution in [0.1, 0.15) is 5.89 Å². The fourth-order valence-corrected chi connectivity index (χ4v) is 1.21. The van der Waals surface area contributed by atoms with Gasteiger partial charge in [-0.25, -0.2) is 0 Å². The largest absolute Gasteiger partial charge is 0.339 e. The molecule has 0 saturated heterocycles. The molecule has 0 saturated carbocycles. The first-order valence-electron chi connectivity index (χ1n) is 4.19. The maximum Gasteiger partial charge on any atom is 0.228 e. The number of hydrogen-bond donors (Lipinski definition) is 0. The Kier molecular flexibility index (Phi) is 2.74. The summed E-state index contributed by atoms with van der Waals surface area (Å²) in [5, 5.41) is 3.82. The van der Waals surface area contributed by atoms with Crippen LogP contribution in [0.2, 0.25) is 0 Å². The van der Waals surface area contributed by atoms with E-state index in [2.05, 4.69) is 15.1 Å². The van der Waals surface area contributed by atoms with Crippen molar-refractivity contribution < 1.29 is 4.52 Å². The van der Waals surface area contributed by atoms with Crippen molar-refractivity contribution in [2.24, 2.45) is 0 Å². The minimum atomic E-state index is 0.481. The lowest BCUT2D eigenvalue weighted by molar-refractivity contribution is 0.383. The summed E-state index contributed by atoms with van der Waals surface area (Å²) in [6.07, 6.45) is 3.98. The van der Waals surface area contributed by atoms with Crippen LogP contribution in [0.3, 0.4) is 0 Å². The standard InChI is InChI=1S/C9H8ClN3O/c10-4-3-8-12-9(13-14-8)7-2-1-5-11-6-7/h1-2,5-6H,3-4H2. The molecule has 2 rings (SSSR count). The maximum absolute atomic E-state index is 5.55. The van der Waals surface area contributed by atoms with E-state index in [1.807, 2.05) is 12.1 Å². The third-order valence-corrected chi connectivity index (χ3v) is 1.89. The molecular formula is C9H8ClN3O. The van der Waals surface area contributed by atoms with E-state index in [0.29, 0.717) is 24.0 Å². The van der Waals surface area contributed by atoms with Crippen LogP contribution in [0, 0.1) is 0 Å². The molecule has 72 valence electrons. The van der Waals surface area contributed by atoms with Crippen molar-refractivity contribution >= 4 is 11.6 Å². The molecule has 5 heteroatoms. The summed E-state index contributed by atoms with van der Waals surface area (Å²) >= 11 is 5.55. The molecule has 0 fully saturated rings. The third-order valence-electron chi connectivity index (χ3n) is 1.70. The number of aromatic nitrogens is 3. The molecule has 2 heterocycles. The number of halogens is 1. The van der Waals surface area contributed by atoms with Crippen LogP contribution in [0.25, 0.3) is 11.4 Å². The summed E-state index contributed by atoms with van der Waals surface area (Å²) in [6.45, 7) is 0. The van der Waals surface area contributed by atoms with Gasteiger partial charge in [0.25, 0.3) is 0 Å². The molecule has 0 amide bonds. The van der Waals surface area contributed by atoms with Crippen LogP contribution in [0.4, 0.5) is 0 Å². The first-order valence-corrected chi connectivity index (χ1v) is 4.72. The molecule has 0 atom stereocenters. The van der Waals surface area contributed by atoms with Crippen LogP contribution in [-0.4, -0.2) is 21.0 Å². The van der Waals surface area contributed by atoms with Gasteiger partial charge in [0.15, 0.2) is 0 Å². The lowest BCUT2D eigenvalue weighted by atomic mass is 10.3. The molecule has 0 spiro atoms. The van der Waals surface area contributed by atoms with Crippen LogP contribution < -0.4 is 0 Å². The minimum absolute atomic E-state index is 0.481. The maximum atomic E-state index is 5.55. The van der Waals surface area contributed by atoms with Gasteiger partial charge in [0.1, 0.15) is 0 Å². The fraction of sp³-hybridized carbons (Fsp3) is 0.222. The van der Waals surface area contributed by atoms with Crippen LogP contribution in [0.15, 0.2) is 29.0 Å². The number of aryl methyl sites for hydroxylation is 1. The van der Waals surface area contributed by atoms with Crippen molar-refractivity contribution in [3.63, 3.8) is 0 Å². The van der Waals surface area contributed by atoms with Crippen LogP contribution in [-0.2, 0) is 6.42 Å². The smallest absolute Gasteiger partial charge is 0.228 e. The van der Waals surface area contributed by atoms with Crippen molar-refractivity contribution in [2.75, 3.05) is 5.88 Å². The molecule has 2 aromatic rings. The Balaban J connectivity index is 2.25. The average Bonchev–Trinajstić information content (AvgIpc) is 2.68. The van der Waals surface area contributed by atoms with Gasteiger partial charge in [0.05, 0.1) is 0 Å². The lowest BCUT2D eigenvalue weighted by Gasteiger charge is -1.89. The zero-order valence-electron chi connectivity index (χ0n) is 7.35. The summed E-state index contributed by atoms with van der Waals surface area (Å²) < 4.78 is 4.99. The zero-order valence-corrected chi connectivity index (χ0v) is 8.11. The normalized spacial score (nSPS) is 10.4. The second kappa shape index (κ2) is 4.19. The average molecular weight is 210 g/mol. The zero-order chi connectivity index (χ0) is 9.80. The van der Waals surface area contributed by atoms with Crippen molar-refractivity contribution in [3.8, 4) is 11.4 Å². The molecule has 4 nitrogen and oxygen atoms in total. The Hall–Kier alpha value is -1.42. The first kappa shape index (κ1) is 9.15. The summed E-state index contributed by atoms with van der Waals surface area (Å²) in [7, 11) is 0. The molecular weight excluding hydrogens is 202 g/mol. The molecule has 0 aromatic carbocycles. The van der Waals surface area contributed by atoms with Gasteiger partial charge in [-0.3, -0.25) is 4.98 Å². The van der Waals surface area contributed by atoms with Gasteiger partial charge in [-0.15, -0.1) is 11.6 Å². The molecule has 0 radical (unpaired) electrons. The van der Waals surface area contributed by atoms with Crippen molar-refractivity contribution in [2.45, 2.75) is 6.42 Å². The highest BCUT2D eigenvalue weighted by Gasteiger charge is 2.07. The van der Waals surface area contributed by atoms with Gasteiger partial charge in [0.2, 0.25) is 11.7 Å². The van der Waals surface area contributed by atoms with E-state index in [9.17, 15) is 0 Å². The first-order chi connectivity index (χ1) is 6.90. The van der Waals surface area contributed by atoms with Gasteiger partial charge in [0, 0.05) is 30.3 Å². The lowest BCUT2D eigenvalue weighted by Crippen LogP contribution is -1.86. The number of rotatable bonds is 3. The highest BCUT2D eigenvalue weighted by molar-refractivity contribution is 6.17. The Bertz CT molecular complexity index is 401. The molecule has 0 bridgehead atoms. The van der Waals surface area contributed by atoms with Crippen molar-refractivity contribution in [3.05, 3.63) is 30.4 Å². The quantitative estimate of drug-likeness (QED) is 0.725. The number of pyridine rings is 1. The van der Waals surface area contributed by atoms with E-state index >= 15 is 0 Å². The summed E-state index contributed by atoms with van der Waals surface area (Å²) in [6, 6.07) is 3.70. The van der Waals surface area contributed by atoms with Gasteiger partial charge in [-0.2, -0.15) is 4.98 Å². The van der Waals surface area contributed by atoms with Gasteiger partial charge in [-0.1, -0.05) is 5.16 Å². The highest BCUT2D eigenvalue weighted by atomic mass is 35.5. The summed E-state index contributed by atoms with van der Waals surface area (Å²) in [5.41, 5.74) is 0.845. The Morgan fingerprint density at radius 3 is 3.07 bits per heavy atom. The number of hydrogen-bond acceptors (Lipinski definition) is 4. The molecule has 0 N–H and O–H groups in total. The van der Waals surface area contributed by atoms with E-state index in [1.54, 1.807) is 12.4 Å². The van der Waals surface area contributed by atoms with Crippen molar-refractivity contribution in [1.29, 1.82) is 0 Å². The monoisotopic (exact) mass is 209 g/mol. The Labute approximate surface area is 85.9 Å². The van der Waals surface area contributed by atoms with E-state index in [1.165, 1.54) is 0 Å². The van der Waals surface area contributed by atoms with Gasteiger partial charge in [-0.05, 0) is 12.1 Å². The van der Waals surface area contributed by atoms with Crippen molar-refractivity contribution in [1.82, 2.24) is 15.1 Å². The van der Waals surface area contributed by atoms with E-state index in [4.69, 9.17) is 16.1 Å². The predicted molar refractivity (Wildman–Crippen MR) is 52.0 cm³/mol. The predicted octanol–water partition coefficient (Wildman–Crippen LogP) is 1.91. The number of nitrogens with zero attached hydrogens (tertiary/aromatic N) is 3. The Morgan fingerprint density at radius 2 is 2.36 bits per heavy atom. The SMILES string of the molecule is ClCCc1nc(-c2cccnc2)no1. The second-order valence-electron chi connectivity index (χ2n) is 2.69. The number of alkyl halides is 1. The van der Waals surface area contributed by atoms with Gasteiger partial charge < -0.3 is 4.52 Å². The molecule has 0 aliphatic heterocycles. The van der Waals surface area contributed by atoms with E-state index < -0.39 is 0 Å². The van der Waals surface area contributed by atoms with Crippen LogP contribution >= 0.6 is 11.6 Å². The molecule has 0 unspecified atom stereocenters. The van der Waals surface area contributed by atoms with Gasteiger partial charge >= 0.3 is 0 Å². The Morgan fingerprint density at radius 1 is 1.43 bits per heavy atom. The summed E-state index contributed by atoms with van der Waals surface area (Å²) in [5.74, 6) is 1.59. The van der Waals surface area contributed by atoms with E-state index in [-0.39, 0.29) is 0 Å². The molecule has 2 aromatic heterocycles. The molecule has 0 aliphatic rings. The summed E-state index contributed by atoms with van der Waals surface area (Å²) in [4.78, 5) is 8.14. The minimum Gasteiger partial charge on any atom is -0.339 e.